The van der Waals surface area contributed by atoms with Crippen LogP contribution in [-0.2, 0) is 4.74 Å². The Morgan fingerprint density at radius 1 is 1.50 bits per heavy atom. The minimum absolute atomic E-state index is 0.523. The van der Waals surface area contributed by atoms with Crippen molar-refractivity contribution in [3.05, 3.63) is 0 Å². The van der Waals surface area contributed by atoms with Crippen LogP contribution in [-0.4, -0.2) is 17.5 Å². The molecule has 0 aromatic rings. The normalized spacial score (nSPS) is 48.0. The fourth-order valence-electron chi connectivity index (χ4n) is 2.18. The molecule has 2 aliphatic heterocycles. The maximum absolute atomic E-state index is 5.70. The SMILES string of the molecule is CC(S)C1CC2CCC1O2. The standard InChI is InChI=1S/C8H14OS/c1-5(10)7-4-6-2-3-8(7)9-6/h5-8,10H,2-4H2,1H3. The van der Waals surface area contributed by atoms with E-state index in [4.69, 9.17) is 4.74 Å². The molecule has 4 atom stereocenters. The van der Waals surface area contributed by atoms with Gasteiger partial charge in [-0.3, -0.25) is 0 Å². The Balaban J connectivity index is 2.02. The van der Waals surface area contributed by atoms with Crippen LogP contribution in [0.15, 0.2) is 0 Å². The van der Waals surface area contributed by atoms with Crippen molar-refractivity contribution in [3.63, 3.8) is 0 Å². The highest BCUT2D eigenvalue weighted by atomic mass is 32.1. The number of ether oxygens (including phenoxy) is 1. The number of hydrogen-bond acceptors (Lipinski definition) is 2. The Labute approximate surface area is 67.6 Å². The topological polar surface area (TPSA) is 9.23 Å². The van der Waals surface area contributed by atoms with Crippen LogP contribution in [0.3, 0.4) is 0 Å². The van der Waals surface area contributed by atoms with Crippen molar-refractivity contribution in [2.24, 2.45) is 5.92 Å². The molecule has 2 fully saturated rings. The summed E-state index contributed by atoms with van der Waals surface area (Å²) >= 11 is 4.45. The first-order valence-corrected chi connectivity index (χ1v) is 4.62. The van der Waals surface area contributed by atoms with Gasteiger partial charge in [0.1, 0.15) is 0 Å². The van der Waals surface area contributed by atoms with E-state index in [1.807, 2.05) is 0 Å². The third kappa shape index (κ3) is 0.978. The summed E-state index contributed by atoms with van der Waals surface area (Å²) in [6, 6.07) is 0. The van der Waals surface area contributed by atoms with E-state index in [0.717, 1.165) is 5.92 Å². The molecule has 0 spiro atoms. The summed E-state index contributed by atoms with van der Waals surface area (Å²) < 4.78 is 5.70. The van der Waals surface area contributed by atoms with Crippen molar-refractivity contribution in [1.29, 1.82) is 0 Å². The largest absolute Gasteiger partial charge is 0.375 e. The highest BCUT2D eigenvalue weighted by molar-refractivity contribution is 7.80. The summed E-state index contributed by atoms with van der Waals surface area (Å²) in [5.41, 5.74) is 0. The van der Waals surface area contributed by atoms with E-state index in [9.17, 15) is 0 Å². The third-order valence-corrected chi connectivity index (χ3v) is 3.16. The van der Waals surface area contributed by atoms with E-state index in [1.54, 1.807) is 0 Å². The fourth-order valence-corrected chi connectivity index (χ4v) is 2.50. The Morgan fingerprint density at radius 3 is 2.60 bits per heavy atom. The highest BCUT2D eigenvalue weighted by Crippen LogP contribution is 2.41. The van der Waals surface area contributed by atoms with Crippen molar-refractivity contribution in [1.82, 2.24) is 0 Å². The maximum Gasteiger partial charge on any atom is 0.0619 e. The monoisotopic (exact) mass is 158 g/mol. The summed E-state index contributed by atoms with van der Waals surface area (Å²) in [6.07, 6.45) is 4.97. The smallest absolute Gasteiger partial charge is 0.0619 e. The molecule has 2 rings (SSSR count). The van der Waals surface area contributed by atoms with Gasteiger partial charge in [-0.05, 0) is 25.2 Å². The van der Waals surface area contributed by atoms with Crippen molar-refractivity contribution in [2.45, 2.75) is 43.6 Å². The second kappa shape index (κ2) is 2.42. The number of fused-ring (bicyclic) bond motifs is 2. The van der Waals surface area contributed by atoms with Crippen molar-refractivity contribution >= 4 is 12.6 Å². The zero-order valence-electron chi connectivity index (χ0n) is 6.29. The van der Waals surface area contributed by atoms with E-state index in [1.165, 1.54) is 19.3 Å². The van der Waals surface area contributed by atoms with Crippen molar-refractivity contribution in [3.8, 4) is 0 Å². The summed E-state index contributed by atoms with van der Waals surface area (Å²) in [7, 11) is 0. The van der Waals surface area contributed by atoms with Gasteiger partial charge in [0.05, 0.1) is 12.2 Å². The van der Waals surface area contributed by atoms with Gasteiger partial charge in [0.15, 0.2) is 0 Å². The van der Waals surface area contributed by atoms with E-state index in [2.05, 4.69) is 19.6 Å². The minimum Gasteiger partial charge on any atom is -0.375 e. The van der Waals surface area contributed by atoms with Gasteiger partial charge in [0.25, 0.3) is 0 Å². The van der Waals surface area contributed by atoms with Gasteiger partial charge in [-0.15, -0.1) is 0 Å². The predicted molar refractivity (Wildman–Crippen MR) is 44.5 cm³/mol. The summed E-state index contributed by atoms with van der Waals surface area (Å²) in [5, 5.41) is 0.523. The zero-order chi connectivity index (χ0) is 7.14. The minimum atomic E-state index is 0.523. The van der Waals surface area contributed by atoms with Crippen LogP contribution in [0.25, 0.3) is 0 Å². The van der Waals surface area contributed by atoms with Crippen molar-refractivity contribution in [2.75, 3.05) is 0 Å². The average molecular weight is 158 g/mol. The Kier molecular flexibility index (Phi) is 1.69. The quantitative estimate of drug-likeness (QED) is 0.573. The lowest BCUT2D eigenvalue weighted by molar-refractivity contribution is 0.0928. The number of rotatable bonds is 1. The van der Waals surface area contributed by atoms with E-state index >= 15 is 0 Å². The average Bonchev–Trinajstić information content (AvgIpc) is 2.44. The molecule has 0 aromatic carbocycles. The van der Waals surface area contributed by atoms with Crippen LogP contribution in [0.5, 0.6) is 0 Å². The lowest BCUT2D eigenvalue weighted by Gasteiger charge is -2.20. The van der Waals surface area contributed by atoms with Gasteiger partial charge in [0, 0.05) is 5.25 Å². The molecule has 0 N–H and O–H groups in total. The van der Waals surface area contributed by atoms with Crippen LogP contribution >= 0.6 is 12.6 Å². The lowest BCUT2D eigenvalue weighted by atomic mass is 9.87. The van der Waals surface area contributed by atoms with E-state index in [0.29, 0.717) is 17.5 Å². The Hall–Kier alpha value is 0.310. The molecule has 4 unspecified atom stereocenters. The molecule has 0 radical (unpaired) electrons. The van der Waals surface area contributed by atoms with Crippen LogP contribution in [0, 0.1) is 5.92 Å². The number of thiol groups is 1. The second-order valence-corrected chi connectivity index (χ2v) is 4.33. The van der Waals surface area contributed by atoms with Gasteiger partial charge < -0.3 is 4.74 Å². The first-order valence-electron chi connectivity index (χ1n) is 4.11. The third-order valence-electron chi connectivity index (χ3n) is 2.77. The summed E-state index contributed by atoms with van der Waals surface area (Å²) in [5.74, 6) is 0.738. The molecular weight excluding hydrogens is 144 g/mol. The first kappa shape index (κ1) is 6.99. The summed E-state index contributed by atoms with van der Waals surface area (Å²) in [4.78, 5) is 0. The molecular formula is C8H14OS. The van der Waals surface area contributed by atoms with Gasteiger partial charge in [-0.1, -0.05) is 6.92 Å². The molecule has 1 nitrogen and oxygen atoms in total. The van der Waals surface area contributed by atoms with Crippen LogP contribution in [0.4, 0.5) is 0 Å². The number of hydrogen-bond donors (Lipinski definition) is 1. The molecule has 2 heteroatoms. The maximum atomic E-state index is 5.70. The molecule has 10 heavy (non-hydrogen) atoms. The predicted octanol–water partition coefficient (Wildman–Crippen LogP) is 1.87. The van der Waals surface area contributed by atoms with Gasteiger partial charge in [-0.25, -0.2) is 0 Å². The van der Waals surface area contributed by atoms with Crippen LogP contribution in [0.2, 0.25) is 0 Å². The van der Waals surface area contributed by atoms with E-state index in [-0.39, 0.29) is 0 Å². The van der Waals surface area contributed by atoms with Crippen LogP contribution in [0.1, 0.15) is 26.2 Å². The molecule has 2 aliphatic rings. The first-order chi connectivity index (χ1) is 4.77. The van der Waals surface area contributed by atoms with Gasteiger partial charge in [-0.2, -0.15) is 12.6 Å². The lowest BCUT2D eigenvalue weighted by Crippen LogP contribution is -2.23. The second-order valence-electron chi connectivity index (χ2n) is 3.51. The molecule has 2 saturated heterocycles. The Morgan fingerprint density at radius 2 is 2.30 bits per heavy atom. The molecule has 2 bridgehead atoms. The molecule has 0 saturated carbocycles. The highest BCUT2D eigenvalue weighted by Gasteiger charge is 2.41. The van der Waals surface area contributed by atoms with Gasteiger partial charge >= 0.3 is 0 Å². The van der Waals surface area contributed by atoms with E-state index < -0.39 is 0 Å². The molecule has 0 amide bonds. The van der Waals surface area contributed by atoms with Crippen LogP contribution < -0.4 is 0 Å². The molecule has 58 valence electrons. The molecule has 0 aliphatic carbocycles. The summed E-state index contributed by atoms with van der Waals surface area (Å²) in [6.45, 7) is 2.18. The molecule has 0 aromatic heterocycles. The fraction of sp³-hybridized carbons (Fsp3) is 1.00. The zero-order valence-corrected chi connectivity index (χ0v) is 7.18. The molecule has 2 heterocycles. The van der Waals surface area contributed by atoms with Gasteiger partial charge in [0.2, 0.25) is 0 Å². The Bertz CT molecular complexity index is 135. The van der Waals surface area contributed by atoms with Crippen molar-refractivity contribution < 1.29 is 4.74 Å².